The van der Waals surface area contributed by atoms with Crippen molar-refractivity contribution in [2.24, 2.45) is 5.73 Å². The van der Waals surface area contributed by atoms with Crippen molar-refractivity contribution in [1.82, 2.24) is 10.2 Å². The molecule has 2 aliphatic heterocycles. The van der Waals surface area contributed by atoms with Crippen molar-refractivity contribution in [3.05, 3.63) is 70.3 Å². The van der Waals surface area contributed by atoms with Crippen molar-refractivity contribution in [1.29, 1.82) is 0 Å². The van der Waals surface area contributed by atoms with Crippen molar-refractivity contribution >= 4 is 23.6 Å². The van der Waals surface area contributed by atoms with Crippen LogP contribution in [0.25, 0.3) is 0 Å². The van der Waals surface area contributed by atoms with Crippen LogP contribution in [0.1, 0.15) is 63.1 Å². The summed E-state index contributed by atoms with van der Waals surface area (Å²) < 4.78 is 0. The molecule has 1 fully saturated rings. The van der Waals surface area contributed by atoms with Crippen molar-refractivity contribution in [3.63, 3.8) is 0 Å². The summed E-state index contributed by atoms with van der Waals surface area (Å²) in [5.74, 6) is 4.94. The number of benzene rings is 2. The van der Waals surface area contributed by atoms with Gasteiger partial charge >= 0.3 is 0 Å². The fraction of sp³-hybridized carbons (Fsp3) is 0.280. The summed E-state index contributed by atoms with van der Waals surface area (Å²) in [6.45, 7) is 0.303. The molecule has 2 aliphatic rings. The molecule has 1 unspecified atom stereocenters. The molecule has 4 amide bonds. The highest BCUT2D eigenvalue weighted by Crippen LogP contribution is 2.29. The van der Waals surface area contributed by atoms with Crippen LogP contribution in [0.15, 0.2) is 42.5 Å². The van der Waals surface area contributed by atoms with Gasteiger partial charge < -0.3 is 10.6 Å². The Hall–Kier alpha value is -3.92. The van der Waals surface area contributed by atoms with Gasteiger partial charge in [-0.3, -0.25) is 24.5 Å². The Balaban J connectivity index is 1.43. The second kappa shape index (κ2) is 9.06. The van der Waals surface area contributed by atoms with Crippen LogP contribution in [0, 0.1) is 11.8 Å². The smallest absolute Gasteiger partial charge is 0.255 e. The van der Waals surface area contributed by atoms with Crippen LogP contribution in [-0.4, -0.2) is 34.6 Å². The lowest BCUT2D eigenvalue weighted by molar-refractivity contribution is -0.136. The number of carbonyl (C=O) groups is 4. The second-order valence-corrected chi connectivity index (χ2v) is 7.91. The number of nitrogens with two attached hydrogens (primary N) is 1. The molecule has 4 rings (SSSR count). The number of amides is 4. The van der Waals surface area contributed by atoms with Gasteiger partial charge in [0.15, 0.2) is 0 Å². The molecule has 0 spiro atoms. The van der Waals surface area contributed by atoms with Crippen LogP contribution in [-0.2, 0) is 22.6 Å². The first-order chi connectivity index (χ1) is 15.5. The van der Waals surface area contributed by atoms with Crippen LogP contribution in [0.5, 0.6) is 0 Å². The van der Waals surface area contributed by atoms with E-state index in [0.29, 0.717) is 36.9 Å². The van der Waals surface area contributed by atoms with E-state index < -0.39 is 17.9 Å². The summed E-state index contributed by atoms with van der Waals surface area (Å²) in [4.78, 5) is 49.6. The Morgan fingerprint density at radius 3 is 2.72 bits per heavy atom. The number of aryl methyl sites for hydroxylation is 1. The van der Waals surface area contributed by atoms with E-state index in [1.807, 2.05) is 18.2 Å². The van der Waals surface area contributed by atoms with E-state index in [1.165, 1.54) is 4.90 Å². The molecule has 7 heteroatoms. The quantitative estimate of drug-likeness (QED) is 0.430. The van der Waals surface area contributed by atoms with Gasteiger partial charge in [0.1, 0.15) is 6.04 Å². The Morgan fingerprint density at radius 1 is 1.12 bits per heavy atom. The number of primary amides is 1. The predicted octanol–water partition coefficient (Wildman–Crippen LogP) is 1.92. The fourth-order valence-corrected chi connectivity index (χ4v) is 4.21. The van der Waals surface area contributed by atoms with Gasteiger partial charge in [0.2, 0.25) is 17.7 Å². The largest absolute Gasteiger partial charge is 0.366 e. The maximum absolute atomic E-state index is 12.9. The Kier molecular flexibility index (Phi) is 6.04. The molecule has 1 saturated heterocycles. The second-order valence-electron chi connectivity index (χ2n) is 7.91. The number of unbranched alkanes of at least 4 members (excludes halogenated alkanes) is 1. The summed E-state index contributed by atoms with van der Waals surface area (Å²) in [7, 11) is 0. The molecule has 0 radical (unpaired) electrons. The predicted molar refractivity (Wildman–Crippen MR) is 117 cm³/mol. The molecular weight excluding hydrogens is 406 g/mol. The monoisotopic (exact) mass is 429 g/mol. The number of nitrogens with one attached hydrogen (secondary N) is 1. The van der Waals surface area contributed by atoms with Crippen LogP contribution in [0.3, 0.4) is 0 Å². The molecule has 3 N–H and O–H groups in total. The van der Waals surface area contributed by atoms with E-state index in [4.69, 9.17) is 5.73 Å². The molecule has 162 valence electrons. The topological polar surface area (TPSA) is 110 Å². The minimum absolute atomic E-state index is 0.207. The van der Waals surface area contributed by atoms with Gasteiger partial charge in [0, 0.05) is 36.1 Å². The van der Waals surface area contributed by atoms with E-state index in [2.05, 4.69) is 17.2 Å². The third-order valence-electron chi connectivity index (χ3n) is 5.84. The molecule has 7 nitrogen and oxygen atoms in total. The third-order valence-corrected chi connectivity index (χ3v) is 5.84. The lowest BCUT2D eigenvalue weighted by atomic mass is 10.0. The molecule has 0 aromatic heterocycles. The number of carbonyl (C=O) groups excluding carboxylic acids is 4. The first-order valence-electron chi connectivity index (χ1n) is 10.6. The number of hydrogen-bond donors (Lipinski definition) is 2. The van der Waals surface area contributed by atoms with Gasteiger partial charge in [-0.1, -0.05) is 36.1 Å². The highest BCUT2D eigenvalue weighted by Gasteiger charge is 2.39. The van der Waals surface area contributed by atoms with Gasteiger partial charge in [0.25, 0.3) is 5.91 Å². The highest BCUT2D eigenvalue weighted by atomic mass is 16.2. The maximum Gasteiger partial charge on any atom is 0.255 e. The molecule has 2 heterocycles. The minimum atomic E-state index is -0.640. The number of imide groups is 1. The van der Waals surface area contributed by atoms with Gasteiger partial charge in [-0.15, -0.1) is 0 Å². The molecule has 0 aliphatic carbocycles. The standard InChI is InChI=1S/C25H23N3O4/c26-23(30)18-11-5-4-9-16(18)7-2-1-3-8-17-10-6-12-19-20(17)15-28(25(19)32)21-13-14-22(29)27-24(21)31/h4-6,9-12,21H,1-2,7,13-15H2,(H2,26,30)(H,27,29,31). The molecule has 1 atom stereocenters. The van der Waals surface area contributed by atoms with Gasteiger partial charge in [-0.2, -0.15) is 0 Å². The average Bonchev–Trinajstić information content (AvgIpc) is 3.11. The van der Waals surface area contributed by atoms with Crippen LogP contribution in [0.4, 0.5) is 0 Å². The summed E-state index contributed by atoms with van der Waals surface area (Å²) >= 11 is 0. The SMILES string of the molecule is NC(=O)c1ccccc1CCCC#Cc1cccc2c1CN(C1CCC(=O)NC1=O)C2=O. The van der Waals surface area contributed by atoms with E-state index in [1.54, 1.807) is 24.3 Å². The van der Waals surface area contributed by atoms with Crippen molar-refractivity contribution in [2.45, 2.75) is 44.7 Å². The fourth-order valence-electron chi connectivity index (χ4n) is 4.21. The van der Waals surface area contributed by atoms with E-state index >= 15 is 0 Å². The number of fused-ring (bicyclic) bond motifs is 1. The van der Waals surface area contributed by atoms with E-state index in [9.17, 15) is 19.2 Å². The zero-order chi connectivity index (χ0) is 22.7. The molecule has 0 saturated carbocycles. The Labute approximate surface area is 186 Å². The van der Waals surface area contributed by atoms with Crippen molar-refractivity contribution < 1.29 is 19.2 Å². The number of nitrogens with zero attached hydrogens (tertiary/aromatic N) is 1. The van der Waals surface area contributed by atoms with Crippen LogP contribution in [0.2, 0.25) is 0 Å². The number of piperidine rings is 1. The van der Waals surface area contributed by atoms with Crippen molar-refractivity contribution in [3.8, 4) is 11.8 Å². The number of hydrogen-bond acceptors (Lipinski definition) is 4. The van der Waals surface area contributed by atoms with Crippen LogP contribution >= 0.6 is 0 Å². The van der Waals surface area contributed by atoms with Crippen molar-refractivity contribution in [2.75, 3.05) is 0 Å². The normalized spacial score (nSPS) is 17.4. The van der Waals surface area contributed by atoms with Gasteiger partial charge in [-0.25, -0.2) is 0 Å². The maximum atomic E-state index is 12.9. The summed E-state index contributed by atoms with van der Waals surface area (Å²) in [5.41, 5.74) is 9.00. The molecule has 32 heavy (non-hydrogen) atoms. The van der Waals surface area contributed by atoms with E-state index in [-0.39, 0.29) is 18.2 Å². The summed E-state index contributed by atoms with van der Waals surface area (Å²) in [6.07, 6.45) is 2.65. The zero-order valence-electron chi connectivity index (χ0n) is 17.5. The van der Waals surface area contributed by atoms with Gasteiger partial charge in [-0.05, 0) is 48.6 Å². The van der Waals surface area contributed by atoms with Gasteiger partial charge in [0.05, 0.1) is 0 Å². The molecule has 2 aromatic rings. The average molecular weight is 429 g/mol. The molecule has 2 aromatic carbocycles. The van der Waals surface area contributed by atoms with E-state index in [0.717, 1.165) is 23.1 Å². The first kappa shape index (κ1) is 21.3. The summed E-state index contributed by atoms with van der Waals surface area (Å²) in [6, 6.07) is 12.1. The molecule has 0 bridgehead atoms. The first-order valence-corrected chi connectivity index (χ1v) is 10.6. The third kappa shape index (κ3) is 4.26. The highest BCUT2D eigenvalue weighted by molar-refractivity contribution is 6.05. The zero-order valence-corrected chi connectivity index (χ0v) is 17.5. The Morgan fingerprint density at radius 2 is 1.94 bits per heavy atom. The number of rotatable bonds is 5. The lowest BCUT2D eigenvalue weighted by Crippen LogP contribution is -2.52. The Bertz CT molecular complexity index is 1180. The van der Waals surface area contributed by atoms with Crippen LogP contribution < -0.4 is 11.1 Å². The minimum Gasteiger partial charge on any atom is -0.366 e. The lowest BCUT2D eigenvalue weighted by Gasteiger charge is -2.29. The molecular formula is C25H23N3O4. The summed E-state index contributed by atoms with van der Waals surface area (Å²) in [5, 5.41) is 2.31.